The summed E-state index contributed by atoms with van der Waals surface area (Å²) in [5.41, 5.74) is 2.06. The van der Waals surface area contributed by atoms with E-state index in [2.05, 4.69) is 34.0 Å². The molecule has 1 aromatic carbocycles. The first-order valence-electron chi connectivity index (χ1n) is 8.75. The molecule has 1 unspecified atom stereocenters. The highest BCUT2D eigenvalue weighted by Crippen LogP contribution is 2.26. The van der Waals surface area contributed by atoms with E-state index >= 15 is 0 Å². The molecule has 0 aliphatic carbocycles. The highest BCUT2D eigenvalue weighted by atomic mass is 16.5. The van der Waals surface area contributed by atoms with Crippen LogP contribution in [0.3, 0.4) is 0 Å². The van der Waals surface area contributed by atoms with E-state index < -0.39 is 0 Å². The van der Waals surface area contributed by atoms with E-state index in [0.717, 1.165) is 24.5 Å². The van der Waals surface area contributed by atoms with Crippen molar-refractivity contribution in [3.05, 3.63) is 48.0 Å². The predicted molar refractivity (Wildman–Crippen MR) is 96.4 cm³/mol. The lowest BCUT2D eigenvalue weighted by atomic mass is 10.0. The van der Waals surface area contributed by atoms with Crippen LogP contribution in [0.4, 0.5) is 0 Å². The van der Waals surface area contributed by atoms with Gasteiger partial charge in [0.25, 0.3) is 0 Å². The summed E-state index contributed by atoms with van der Waals surface area (Å²) < 4.78 is 5.71. The first kappa shape index (κ1) is 17.5. The van der Waals surface area contributed by atoms with Gasteiger partial charge in [-0.25, -0.2) is 4.98 Å². The Labute approximate surface area is 148 Å². The fourth-order valence-electron chi connectivity index (χ4n) is 3.16. The van der Waals surface area contributed by atoms with Gasteiger partial charge >= 0.3 is 0 Å². The number of likely N-dealkylation sites (N-methyl/N-ethyl adjacent to an activating group) is 1. The van der Waals surface area contributed by atoms with E-state index in [1.807, 2.05) is 30.9 Å². The number of nitrogens with one attached hydrogen (secondary N) is 1. The van der Waals surface area contributed by atoms with Crippen molar-refractivity contribution in [1.82, 2.24) is 19.8 Å². The number of hydrogen-bond acceptors (Lipinski definition) is 4. The Kier molecular flexibility index (Phi) is 5.38. The summed E-state index contributed by atoms with van der Waals surface area (Å²) in [6.45, 7) is 6.37. The lowest BCUT2D eigenvalue weighted by Gasteiger charge is -2.39. The first-order valence-corrected chi connectivity index (χ1v) is 8.75. The molecule has 1 N–H and O–H groups in total. The minimum absolute atomic E-state index is 0.141. The van der Waals surface area contributed by atoms with Crippen molar-refractivity contribution in [2.24, 2.45) is 0 Å². The Morgan fingerprint density at radius 1 is 1.32 bits per heavy atom. The zero-order valence-corrected chi connectivity index (χ0v) is 15.1. The minimum atomic E-state index is 0.141. The van der Waals surface area contributed by atoms with Crippen molar-refractivity contribution >= 4 is 5.91 Å². The Morgan fingerprint density at radius 2 is 2.08 bits per heavy atom. The molecule has 3 rings (SSSR count). The first-order chi connectivity index (χ1) is 12.0. The summed E-state index contributed by atoms with van der Waals surface area (Å²) in [5.74, 6) is 1.02. The van der Waals surface area contributed by atoms with Crippen LogP contribution in [-0.4, -0.2) is 58.5 Å². The van der Waals surface area contributed by atoms with E-state index in [0.29, 0.717) is 13.0 Å². The fraction of sp³-hybridized carbons (Fsp3) is 0.474. The van der Waals surface area contributed by atoms with Crippen LogP contribution in [0.5, 0.6) is 5.75 Å². The third-order valence-electron chi connectivity index (χ3n) is 4.53. The second kappa shape index (κ2) is 7.70. The summed E-state index contributed by atoms with van der Waals surface area (Å²) in [4.78, 5) is 23.8. The number of aromatic amines is 1. The van der Waals surface area contributed by atoms with Crippen molar-refractivity contribution in [2.45, 2.75) is 32.4 Å². The molecular weight excluding hydrogens is 316 g/mol. The van der Waals surface area contributed by atoms with Gasteiger partial charge in [-0.15, -0.1) is 0 Å². The lowest BCUT2D eigenvalue weighted by Crippen LogP contribution is -2.49. The molecule has 1 aromatic heterocycles. The van der Waals surface area contributed by atoms with E-state index in [4.69, 9.17) is 4.74 Å². The average molecular weight is 342 g/mol. The maximum atomic E-state index is 12.6. The molecular formula is C19H26N4O2. The van der Waals surface area contributed by atoms with Gasteiger partial charge in [0.2, 0.25) is 5.91 Å². The smallest absolute Gasteiger partial charge is 0.228 e. The normalized spacial score (nSPS) is 18.6. The third kappa shape index (κ3) is 4.39. The molecule has 25 heavy (non-hydrogen) atoms. The molecule has 6 nitrogen and oxygen atoms in total. The molecule has 1 amide bonds. The van der Waals surface area contributed by atoms with Gasteiger partial charge in [0.05, 0.1) is 24.9 Å². The van der Waals surface area contributed by atoms with Crippen molar-refractivity contribution in [2.75, 3.05) is 26.7 Å². The largest absolute Gasteiger partial charge is 0.491 e. The molecule has 1 atom stereocenters. The van der Waals surface area contributed by atoms with Crippen LogP contribution in [0.25, 0.3) is 0 Å². The van der Waals surface area contributed by atoms with Gasteiger partial charge in [-0.05, 0) is 38.6 Å². The second-order valence-electron chi connectivity index (χ2n) is 6.83. The molecule has 134 valence electrons. The summed E-state index contributed by atoms with van der Waals surface area (Å²) in [6, 6.07) is 8.42. The zero-order chi connectivity index (χ0) is 17.8. The van der Waals surface area contributed by atoms with Crippen LogP contribution in [0.15, 0.2) is 36.8 Å². The molecule has 6 heteroatoms. The number of carbonyl (C=O) groups is 1. The minimum Gasteiger partial charge on any atom is -0.491 e. The van der Waals surface area contributed by atoms with Crippen molar-refractivity contribution < 1.29 is 9.53 Å². The number of ether oxygens (including phenoxy) is 1. The molecule has 0 spiro atoms. The van der Waals surface area contributed by atoms with Gasteiger partial charge in [-0.3, -0.25) is 9.69 Å². The zero-order valence-electron chi connectivity index (χ0n) is 15.1. The van der Waals surface area contributed by atoms with Crippen LogP contribution in [0.2, 0.25) is 0 Å². The molecule has 1 aliphatic heterocycles. The predicted octanol–water partition coefficient (Wildman–Crippen LogP) is 2.25. The number of benzene rings is 1. The van der Waals surface area contributed by atoms with Crippen molar-refractivity contribution in [3.63, 3.8) is 0 Å². The topological polar surface area (TPSA) is 61.5 Å². The molecule has 2 aromatic rings. The number of rotatable bonds is 5. The quantitative estimate of drug-likeness (QED) is 0.905. The second-order valence-corrected chi connectivity index (χ2v) is 6.83. The molecule has 1 fully saturated rings. The summed E-state index contributed by atoms with van der Waals surface area (Å²) in [7, 11) is 2.11. The van der Waals surface area contributed by atoms with Gasteiger partial charge < -0.3 is 14.6 Å². The Balaban J connectivity index is 1.67. The van der Waals surface area contributed by atoms with Crippen LogP contribution < -0.4 is 4.74 Å². The summed E-state index contributed by atoms with van der Waals surface area (Å²) >= 11 is 0. The average Bonchev–Trinajstić information content (AvgIpc) is 3.08. The fourth-order valence-corrected chi connectivity index (χ4v) is 3.16. The molecule has 2 heterocycles. The van der Waals surface area contributed by atoms with Crippen LogP contribution in [0.1, 0.15) is 31.1 Å². The van der Waals surface area contributed by atoms with Crippen LogP contribution in [0, 0.1) is 0 Å². The number of imidazole rings is 1. The maximum absolute atomic E-state index is 12.6. The Bertz CT molecular complexity index is 682. The summed E-state index contributed by atoms with van der Waals surface area (Å²) in [5, 5.41) is 0. The SMILES string of the molecule is CC(C)Oc1ccc(C2CN(C(=O)Cc3cnc[nH]3)CCN2C)cc1. The van der Waals surface area contributed by atoms with Crippen LogP contribution >= 0.6 is 0 Å². The van der Waals surface area contributed by atoms with Crippen molar-refractivity contribution in [1.29, 1.82) is 0 Å². The standard InChI is InChI=1S/C19H26N4O2/c1-14(2)25-17-6-4-15(5-7-17)18-12-23(9-8-22(18)3)19(24)10-16-11-20-13-21-16/h4-7,11,13-14,18H,8-10,12H2,1-3H3,(H,20,21). The maximum Gasteiger partial charge on any atom is 0.228 e. The lowest BCUT2D eigenvalue weighted by molar-refractivity contribution is -0.133. The van der Waals surface area contributed by atoms with Crippen molar-refractivity contribution in [3.8, 4) is 5.75 Å². The van der Waals surface area contributed by atoms with Crippen LogP contribution in [-0.2, 0) is 11.2 Å². The number of aromatic nitrogens is 2. The highest BCUT2D eigenvalue weighted by Gasteiger charge is 2.28. The Morgan fingerprint density at radius 3 is 2.72 bits per heavy atom. The highest BCUT2D eigenvalue weighted by molar-refractivity contribution is 5.78. The van der Waals surface area contributed by atoms with Gasteiger partial charge in [-0.1, -0.05) is 12.1 Å². The third-order valence-corrected chi connectivity index (χ3v) is 4.53. The van der Waals surface area contributed by atoms with Gasteiger partial charge in [-0.2, -0.15) is 0 Å². The monoisotopic (exact) mass is 342 g/mol. The van der Waals surface area contributed by atoms with Gasteiger partial charge in [0.1, 0.15) is 5.75 Å². The van der Waals surface area contributed by atoms with E-state index in [1.165, 1.54) is 5.56 Å². The molecule has 1 saturated heterocycles. The molecule has 1 aliphatic rings. The molecule has 0 saturated carbocycles. The molecule has 0 bridgehead atoms. The number of H-pyrrole nitrogens is 1. The van der Waals surface area contributed by atoms with E-state index in [9.17, 15) is 4.79 Å². The van der Waals surface area contributed by atoms with Gasteiger partial charge in [0.15, 0.2) is 0 Å². The Hall–Kier alpha value is -2.34. The number of amides is 1. The van der Waals surface area contributed by atoms with Gasteiger partial charge in [0, 0.05) is 31.5 Å². The number of carbonyl (C=O) groups excluding carboxylic acids is 1. The number of nitrogens with zero attached hydrogens (tertiary/aromatic N) is 3. The molecule has 0 radical (unpaired) electrons. The van der Waals surface area contributed by atoms with E-state index in [-0.39, 0.29) is 18.1 Å². The number of piperazine rings is 1. The van der Waals surface area contributed by atoms with E-state index in [1.54, 1.807) is 12.5 Å². The summed E-state index contributed by atoms with van der Waals surface area (Å²) in [6.07, 6.45) is 3.85. The number of hydrogen-bond donors (Lipinski definition) is 1.